The minimum absolute atomic E-state index is 0.0101. The van der Waals surface area contributed by atoms with Gasteiger partial charge in [-0.25, -0.2) is 0 Å². The van der Waals surface area contributed by atoms with Gasteiger partial charge in [0.25, 0.3) is 0 Å². The summed E-state index contributed by atoms with van der Waals surface area (Å²) >= 11 is 0. The fourth-order valence-corrected chi connectivity index (χ4v) is 3.10. The van der Waals surface area contributed by atoms with Gasteiger partial charge in [-0.15, -0.1) is 0 Å². The van der Waals surface area contributed by atoms with E-state index < -0.39 is 0 Å². The van der Waals surface area contributed by atoms with Gasteiger partial charge in [0.2, 0.25) is 5.91 Å². The summed E-state index contributed by atoms with van der Waals surface area (Å²) in [5.41, 5.74) is 0.724. The number of rotatable bonds is 8. The first kappa shape index (κ1) is 18.5. The van der Waals surface area contributed by atoms with Crippen LogP contribution in [-0.4, -0.2) is 58.3 Å². The van der Waals surface area contributed by atoms with Gasteiger partial charge in [-0.1, -0.05) is 0 Å². The molecule has 1 aromatic rings. The van der Waals surface area contributed by atoms with Gasteiger partial charge < -0.3 is 20.1 Å². The molecule has 1 heterocycles. The van der Waals surface area contributed by atoms with E-state index in [-0.39, 0.29) is 5.91 Å². The molecule has 1 aliphatic rings. The Morgan fingerprint density at radius 2 is 1.92 bits per heavy atom. The van der Waals surface area contributed by atoms with Gasteiger partial charge in [0.15, 0.2) is 11.5 Å². The van der Waals surface area contributed by atoms with E-state index in [1.54, 1.807) is 26.4 Å². The largest absolute Gasteiger partial charge is 0.493 e. The lowest BCUT2D eigenvalue weighted by Crippen LogP contribution is -2.39. The molecule has 0 aromatic heterocycles. The Bertz CT molecular complexity index is 528. The van der Waals surface area contributed by atoms with Crippen LogP contribution in [0, 0.1) is 5.92 Å². The Hall–Kier alpha value is -1.79. The number of ether oxygens (including phenoxy) is 2. The van der Waals surface area contributed by atoms with Crippen molar-refractivity contribution < 1.29 is 14.3 Å². The van der Waals surface area contributed by atoms with Crippen molar-refractivity contribution >= 4 is 11.6 Å². The molecule has 6 heteroatoms. The fourth-order valence-electron chi connectivity index (χ4n) is 3.10. The second-order valence-electron chi connectivity index (χ2n) is 6.23. The number of methoxy groups -OCH3 is 2. The first-order valence-electron chi connectivity index (χ1n) is 8.55. The highest BCUT2D eigenvalue weighted by Crippen LogP contribution is 2.29. The van der Waals surface area contributed by atoms with Crippen molar-refractivity contribution in [2.24, 2.45) is 5.92 Å². The monoisotopic (exact) mass is 335 g/mol. The summed E-state index contributed by atoms with van der Waals surface area (Å²) < 4.78 is 10.5. The van der Waals surface area contributed by atoms with Crippen LogP contribution in [0.3, 0.4) is 0 Å². The number of anilines is 1. The molecule has 2 N–H and O–H groups in total. The third-order valence-corrected chi connectivity index (χ3v) is 4.54. The van der Waals surface area contributed by atoms with Crippen LogP contribution >= 0.6 is 0 Å². The molecule has 1 aliphatic heterocycles. The third-order valence-electron chi connectivity index (χ3n) is 4.54. The minimum atomic E-state index is 0.0101. The summed E-state index contributed by atoms with van der Waals surface area (Å²) in [6.07, 6.45) is 3.57. The van der Waals surface area contributed by atoms with Crippen molar-refractivity contribution in [1.29, 1.82) is 0 Å². The number of nitrogens with zero attached hydrogens (tertiary/aromatic N) is 1. The molecule has 134 valence electrons. The van der Waals surface area contributed by atoms with Crippen LogP contribution in [0.5, 0.6) is 11.5 Å². The van der Waals surface area contributed by atoms with E-state index in [1.807, 2.05) is 13.1 Å². The first-order valence-corrected chi connectivity index (χ1v) is 8.55. The smallest absolute Gasteiger partial charge is 0.238 e. The van der Waals surface area contributed by atoms with Gasteiger partial charge in [-0.3, -0.25) is 9.69 Å². The highest BCUT2D eigenvalue weighted by Gasteiger charge is 2.20. The highest BCUT2D eigenvalue weighted by atomic mass is 16.5. The van der Waals surface area contributed by atoms with E-state index in [4.69, 9.17) is 9.47 Å². The fraction of sp³-hybridized carbons (Fsp3) is 0.611. The Kier molecular flexibility index (Phi) is 7.34. The molecule has 0 radical (unpaired) electrons. The van der Waals surface area contributed by atoms with E-state index in [2.05, 4.69) is 15.5 Å². The van der Waals surface area contributed by atoms with Crippen molar-refractivity contribution in [2.75, 3.05) is 52.8 Å². The SMILES string of the molecule is CNCCC1CCN(CC(=O)Nc2ccc(OC)c(OC)c2)CC1. The maximum atomic E-state index is 12.3. The number of benzene rings is 1. The molecule has 1 amide bonds. The molecule has 1 aromatic carbocycles. The molecule has 0 unspecified atom stereocenters. The Morgan fingerprint density at radius 3 is 2.54 bits per heavy atom. The van der Waals surface area contributed by atoms with Gasteiger partial charge in [0, 0.05) is 11.8 Å². The topological polar surface area (TPSA) is 62.8 Å². The molecule has 6 nitrogen and oxygen atoms in total. The number of carbonyl (C=O) groups is 1. The standard InChI is InChI=1S/C18H29N3O3/c1-19-9-6-14-7-10-21(11-8-14)13-18(22)20-15-4-5-16(23-2)17(12-15)24-3/h4-5,12,14,19H,6-11,13H2,1-3H3,(H,20,22). The second-order valence-corrected chi connectivity index (χ2v) is 6.23. The van der Waals surface area contributed by atoms with Crippen LogP contribution < -0.4 is 20.1 Å². The van der Waals surface area contributed by atoms with Crippen LogP contribution in [0.1, 0.15) is 19.3 Å². The number of carbonyl (C=O) groups excluding carboxylic acids is 1. The summed E-state index contributed by atoms with van der Waals surface area (Å²) in [6.45, 7) is 3.50. The molecular formula is C18H29N3O3. The molecule has 0 bridgehead atoms. The maximum Gasteiger partial charge on any atom is 0.238 e. The summed E-state index contributed by atoms with van der Waals surface area (Å²) in [5.74, 6) is 2.05. The minimum Gasteiger partial charge on any atom is -0.493 e. The molecule has 0 saturated carbocycles. The average molecular weight is 335 g/mol. The van der Waals surface area contributed by atoms with Gasteiger partial charge in [0.1, 0.15) is 0 Å². The van der Waals surface area contributed by atoms with Crippen LogP contribution in [0.25, 0.3) is 0 Å². The zero-order valence-corrected chi connectivity index (χ0v) is 14.9. The van der Waals surface area contributed by atoms with Crippen LogP contribution in [0.15, 0.2) is 18.2 Å². The van der Waals surface area contributed by atoms with Crippen molar-refractivity contribution in [3.05, 3.63) is 18.2 Å². The summed E-state index contributed by atoms with van der Waals surface area (Å²) in [5, 5.41) is 6.14. The maximum absolute atomic E-state index is 12.3. The van der Waals surface area contributed by atoms with Gasteiger partial charge in [-0.2, -0.15) is 0 Å². The predicted octanol–water partition coefficient (Wildman–Crippen LogP) is 1.96. The summed E-state index contributed by atoms with van der Waals surface area (Å²) in [6, 6.07) is 5.39. The second kappa shape index (κ2) is 9.49. The Balaban J connectivity index is 1.79. The van der Waals surface area contributed by atoms with Crippen LogP contribution in [0.4, 0.5) is 5.69 Å². The molecular weight excluding hydrogens is 306 g/mol. The van der Waals surface area contributed by atoms with Crippen molar-refractivity contribution in [2.45, 2.75) is 19.3 Å². The lowest BCUT2D eigenvalue weighted by atomic mass is 9.93. The molecule has 1 saturated heterocycles. The van der Waals surface area contributed by atoms with E-state index in [0.29, 0.717) is 18.0 Å². The lowest BCUT2D eigenvalue weighted by molar-refractivity contribution is -0.117. The average Bonchev–Trinajstić information content (AvgIpc) is 2.61. The number of hydrogen-bond acceptors (Lipinski definition) is 5. The van der Waals surface area contributed by atoms with Gasteiger partial charge >= 0.3 is 0 Å². The predicted molar refractivity (Wildman–Crippen MR) is 95.9 cm³/mol. The number of likely N-dealkylation sites (tertiary alicyclic amines) is 1. The van der Waals surface area contributed by atoms with Crippen molar-refractivity contribution in [3.8, 4) is 11.5 Å². The Labute approximate surface area is 144 Å². The zero-order valence-electron chi connectivity index (χ0n) is 14.9. The van der Waals surface area contributed by atoms with Crippen LogP contribution in [0.2, 0.25) is 0 Å². The first-order chi connectivity index (χ1) is 11.7. The molecule has 24 heavy (non-hydrogen) atoms. The molecule has 1 fully saturated rings. The summed E-state index contributed by atoms with van der Waals surface area (Å²) in [7, 11) is 5.17. The molecule has 0 atom stereocenters. The quantitative estimate of drug-likeness (QED) is 0.760. The van der Waals surface area contributed by atoms with Gasteiger partial charge in [0.05, 0.1) is 20.8 Å². The third kappa shape index (κ3) is 5.39. The van der Waals surface area contributed by atoms with E-state index in [0.717, 1.165) is 31.2 Å². The van der Waals surface area contributed by atoms with Crippen molar-refractivity contribution in [1.82, 2.24) is 10.2 Å². The zero-order chi connectivity index (χ0) is 17.4. The highest BCUT2D eigenvalue weighted by molar-refractivity contribution is 5.92. The number of hydrogen-bond donors (Lipinski definition) is 2. The normalized spacial score (nSPS) is 16.0. The summed E-state index contributed by atoms with van der Waals surface area (Å²) in [4.78, 5) is 14.5. The molecule has 0 spiro atoms. The lowest BCUT2D eigenvalue weighted by Gasteiger charge is -2.31. The van der Waals surface area contributed by atoms with Crippen molar-refractivity contribution in [3.63, 3.8) is 0 Å². The number of nitrogens with one attached hydrogen (secondary N) is 2. The number of amides is 1. The van der Waals surface area contributed by atoms with E-state index >= 15 is 0 Å². The van der Waals surface area contributed by atoms with Gasteiger partial charge in [-0.05, 0) is 64.0 Å². The molecule has 2 rings (SSSR count). The van der Waals surface area contributed by atoms with Crippen LogP contribution in [-0.2, 0) is 4.79 Å². The molecule has 0 aliphatic carbocycles. The van der Waals surface area contributed by atoms with E-state index in [1.165, 1.54) is 19.3 Å². The van der Waals surface area contributed by atoms with E-state index in [9.17, 15) is 4.79 Å². The Morgan fingerprint density at radius 1 is 1.21 bits per heavy atom. The number of piperidine rings is 1.